The lowest BCUT2D eigenvalue weighted by Gasteiger charge is -2.10. The molecule has 8 nitrogen and oxygen atoms in total. The van der Waals surface area contributed by atoms with Gasteiger partial charge in [0.1, 0.15) is 17.2 Å². The molecule has 4 rings (SSSR count). The lowest BCUT2D eigenvalue weighted by molar-refractivity contribution is 0.598. The van der Waals surface area contributed by atoms with E-state index >= 15 is 0 Å². The van der Waals surface area contributed by atoms with E-state index in [1.54, 1.807) is 0 Å². The topological polar surface area (TPSA) is 141 Å². The Morgan fingerprint density at radius 2 is 1.85 bits per heavy atom. The van der Waals surface area contributed by atoms with Crippen LogP contribution in [0.2, 0.25) is 0 Å². The van der Waals surface area contributed by atoms with Gasteiger partial charge in [-0.3, -0.25) is 9.98 Å². The van der Waals surface area contributed by atoms with E-state index in [9.17, 15) is 13.7 Å². The molecule has 0 aliphatic carbocycles. The zero-order valence-corrected chi connectivity index (χ0v) is 14.1. The Labute approximate surface area is 147 Å². The second-order valence-electron chi connectivity index (χ2n) is 5.66. The number of nitriles is 1. The van der Waals surface area contributed by atoms with Crippen molar-refractivity contribution in [1.82, 2.24) is 14.5 Å². The largest absolute Gasteiger partial charge is 0.339 e. The van der Waals surface area contributed by atoms with Crippen molar-refractivity contribution >= 4 is 32.1 Å². The molecule has 0 atom stereocenters. The molecule has 0 radical (unpaired) electrons. The first-order valence-corrected chi connectivity index (χ1v) is 9.06. The van der Waals surface area contributed by atoms with E-state index in [0.29, 0.717) is 16.9 Å². The summed E-state index contributed by atoms with van der Waals surface area (Å²) in [6.07, 6.45) is 0. The molecule has 128 valence electrons. The molecule has 0 saturated heterocycles. The van der Waals surface area contributed by atoms with E-state index in [1.165, 1.54) is 28.8 Å². The van der Waals surface area contributed by atoms with Crippen molar-refractivity contribution < 1.29 is 8.42 Å². The molecule has 2 heterocycles. The summed E-state index contributed by atoms with van der Waals surface area (Å²) in [5.41, 5.74) is 2.30. The van der Waals surface area contributed by atoms with Crippen molar-refractivity contribution in [2.75, 3.05) is 0 Å². The molecule has 0 aliphatic heterocycles. The van der Waals surface area contributed by atoms with Gasteiger partial charge in [0, 0.05) is 16.6 Å². The summed E-state index contributed by atoms with van der Waals surface area (Å²) < 4.78 is 24.4. The summed E-state index contributed by atoms with van der Waals surface area (Å²) in [6, 6.07) is 15.2. The average molecular weight is 364 g/mol. The van der Waals surface area contributed by atoms with Crippen LogP contribution in [0.4, 0.5) is 0 Å². The van der Waals surface area contributed by atoms with Crippen molar-refractivity contribution in [2.45, 2.75) is 4.90 Å². The molecule has 0 amide bonds. The fraction of sp³-hybridized carbons (Fsp3) is 0. The normalized spacial score (nSPS) is 11.7. The van der Waals surface area contributed by atoms with E-state index < -0.39 is 10.0 Å². The third-order valence-corrected chi connectivity index (χ3v) is 5.01. The first-order valence-electron chi connectivity index (χ1n) is 7.51. The third-order valence-electron chi connectivity index (χ3n) is 4.08. The Hall–Kier alpha value is -3.48. The number of nitrogens with one attached hydrogen (secondary N) is 2. The fourth-order valence-electron chi connectivity index (χ4n) is 2.89. The minimum Gasteiger partial charge on any atom is -0.339 e. The summed E-state index contributed by atoms with van der Waals surface area (Å²) >= 11 is 0. The summed E-state index contributed by atoms with van der Waals surface area (Å²) in [6.45, 7) is 0. The van der Waals surface area contributed by atoms with Gasteiger partial charge in [-0.25, -0.2) is 18.5 Å². The van der Waals surface area contributed by atoms with Gasteiger partial charge >= 0.3 is 0 Å². The van der Waals surface area contributed by atoms with Crippen molar-refractivity contribution in [2.24, 2.45) is 5.14 Å². The van der Waals surface area contributed by atoms with Gasteiger partial charge in [0.2, 0.25) is 10.0 Å². The molecule has 0 unspecified atom stereocenters. The number of para-hydroxylation sites is 1. The van der Waals surface area contributed by atoms with Crippen LogP contribution < -0.4 is 10.6 Å². The molecule has 9 heteroatoms. The Morgan fingerprint density at radius 1 is 1.15 bits per heavy atom. The lowest BCUT2D eigenvalue weighted by atomic mass is 10.2. The zero-order valence-electron chi connectivity index (χ0n) is 13.3. The first kappa shape index (κ1) is 16.0. The van der Waals surface area contributed by atoms with Gasteiger partial charge in [0.15, 0.2) is 11.2 Å². The number of hydrogen-bond donors (Lipinski definition) is 3. The Balaban J connectivity index is 2.10. The molecule has 4 aromatic rings. The van der Waals surface area contributed by atoms with Gasteiger partial charge < -0.3 is 4.98 Å². The number of primary sulfonamides is 1. The standard InChI is InChI=1S/C17H12N6O2S/c18-9-14-16(19)23(10-5-7-11(8-6-10)26(20,24)25)17-15(21-14)12-3-1-2-4-13(12)22-17/h1-8,19,22H,(H2,20,24,25). The number of nitrogens with zero attached hydrogens (tertiary/aromatic N) is 3. The Kier molecular flexibility index (Phi) is 3.40. The molecule has 2 aromatic carbocycles. The van der Waals surface area contributed by atoms with Crippen molar-refractivity contribution in [1.29, 1.82) is 10.7 Å². The second-order valence-corrected chi connectivity index (χ2v) is 7.22. The van der Waals surface area contributed by atoms with Crippen LogP contribution in [0.25, 0.3) is 27.8 Å². The molecule has 4 N–H and O–H groups in total. The molecular formula is C17H12N6O2S. The number of benzene rings is 2. The average Bonchev–Trinajstić information content (AvgIpc) is 2.98. The quantitative estimate of drug-likeness (QED) is 0.495. The van der Waals surface area contributed by atoms with Crippen molar-refractivity contribution in [3.63, 3.8) is 0 Å². The van der Waals surface area contributed by atoms with Crippen molar-refractivity contribution in [3.05, 3.63) is 59.7 Å². The number of aromatic amines is 1. The molecule has 0 aliphatic rings. The first-order chi connectivity index (χ1) is 12.4. The van der Waals surface area contributed by atoms with Gasteiger partial charge in [0.05, 0.1) is 4.90 Å². The van der Waals surface area contributed by atoms with Crippen LogP contribution in [0.1, 0.15) is 5.69 Å². The van der Waals surface area contributed by atoms with E-state index in [1.807, 2.05) is 30.3 Å². The van der Waals surface area contributed by atoms with Gasteiger partial charge in [-0.2, -0.15) is 5.26 Å². The van der Waals surface area contributed by atoms with Crippen LogP contribution in [0.15, 0.2) is 53.4 Å². The monoisotopic (exact) mass is 364 g/mol. The van der Waals surface area contributed by atoms with Crippen LogP contribution in [0.5, 0.6) is 0 Å². The smallest absolute Gasteiger partial charge is 0.238 e. The van der Waals surface area contributed by atoms with E-state index in [0.717, 1.165) is 10.9 Å². The number of rotatable bonds is 2. The minimum atomic E-state index is -3.82. The number of nitrogens with two attached hydrogens (primary N) is 1. The maximum absolute atomic E-state index is 11.5. The number of sulfonamides is 1. The van der Waals surface area contributed by atoms with Crippen molar-refractivity contribution in [3.8, 4) is 11.8 Å². The summed E-state index contributed by atoms with van der Waals surface area (Å²) in [4.78, 5) is 7.49. The highest BCUT2D eigenvalue weighted by atomic mass is 32.2. The summed E-state index contributed by atoms with van der Waals surface area (Å²) in [7, 11) is -3.82. The Morgan fingerprint density at radius 3 is 2.50 bits per heavy atom. The maximum Gasteiger partial charge on any atom is 0.238 e. The van der Waals surface area contributed by atoms with E-state index in [2.05, 4.69) is 9.97 Å². The van der Waals surface area contributed by atoms with E-state index in [4.69, 9.17) is 10.5 Å². The lowest BCUT2D eigenvalue weighted by Crippen LogP contribution is -2.23. The molecule has 0 bridgehead atoms. The number of fused-ring (bicyclic) bond motifs is 3. The van der Waals surface area contributed by atoms with Gasteiger partial charge in [-0.1, -0.05) is 18.2 Å². The highest BCUT2D eigenvalue weighted by molar-refractivity contribution is 7.89. The summed E-state index contributed by atoms with van der Waals surface area (Å²) in [5.74, 6) is 0. The number of aromatic nitrogens is 3. The number of hydrogen-bond acceptors (Lipinski definition) is 5. The molecular weight excluding hydrogens is 352 g/mol. The summed E-state index contributed by atoms with van der Waals surface area (Å²) in [5, 5.41) is 23.6. The van der Waals surface area contributed by atoms with Crippen LogP contribution in [0, 0.1) is 16.7 Å². The van der Waals surface area contributed by atoms with Gasteiger partial charge in [-0.05, 0) is 30.3 Å². The minimum absolute atomic E-state index is 0.0298. The van der Waals surface area contributed by atoms with E-state index in [-0.39, 0.29) is 16.1 Å². The zero-order chi connectivity index (χ0) is 18.5. The van der Waals surface area contributed by atoms with Crippen LogP contribution in [-0.4, -0.2) is 23.0 Å². The second kappa shape index (κ2) is 5.52. The van der Waals surface area contributed by atoms with Crippen LogP contribution >= 0.6 is 0 Å². The fourth-order valence-corrected chi connectivity index (χ4v) is 3.41. The molecule has 0 fully saturated rings. The predicted octanol–water partition coefficient (Wildman–Crippen LogP) is 1.51. The molecule has 26 heavy (non-hydrogen) atoms. The molecule has 0 spiro atoms. The van der Waals surface area contributed by atoms with Crippen LogP contribution in [0.3, 0.4) is 0 Å². The van der Waals surface area contributed by atoms with Gasteiger partial charge in [0.25, 0.3) is 0 Å². The highest BCUT2D eigenvalue weighted by Crippen LogP contribution is 2.24. The number of H-pyrrole nitrogens is 1. The maximum atomic E-state index is 11.5. The molecule has 2 aromatic heterocycles. The van der Waals surface area contributed by atoms with Gasteiger partial charge in [-0.15, -0.1) is 0 Å². The SMILES string of the molecule is N#Cc1nc2c3ccccc3[nH]c2n(-c2ccc(S(N)(=O)=O)cc2)c1=N. The predicted molar refractivity (Wildman–Crippen MR) is 94.9 cm³/mol. The highest BCUT2D eigenvalue weighted by Gasteiger charge is 2.15. The third kappa shape index (κ3) is 2.36. The Bertz CT molecular complexity index is 1380. The van der Waals surface area contributed by atoms with Crippen LogP contribution in [-0.2, 0) is 10.0 Å². The molecule has 0 saturated carbocycles.